The van der Waals surface area contributed by atoms with Gasteiger partial charge in [-0.2, -0.15) is 0 Å². The summed E-state index contributed by atoms with van der Waals surface area (Å²) in [6.07, 6.45) is 8.60. The molecular weight excluding hydrogens is 452 g/mol. The smallest absolute Gasteiger partial charge is 0.269 e. The molecule has 0 spiro atoms. The highest BCUT2D eigenvalue weighted by atomic mass is 32.2. The third kappa shape index (κ3) is 6.93. The van der Waals surface area contributed by atoms with Crippen LogP contribution >= 0.6 is 23.1 Å². The largest absolute Gasteiger partial charge is 0.341 e. The standard InChI is InChI=1S/C26H34N2O3S2/c1-6-13-27(16-19-7-8-19)23(30)17-28-24(15-22(29)26(2,3)4)33-21(25(28)31)14-18-9-11-20(32-5)12-10-18/h9-12,14-15,19H,6-8,13,16-17H2,1-5H3/b21-14-,24-15-. The fourth-order valence-corrected chi connectivity index (χ4v) is 4.86. The number of Topliss-reactive ketones (excluding diaryl/α,β-unsaturated/α-hetero) is 1. The van der Waals surface area contributed by atoms with Crippen LogP contribution in [0.4, 0.5) is 0 Å². The Morgan fingerprint density at radius 2 is 1.88 bits per heavy atom. The maximum Gasteiger partial charge on any atom is 0.269 e. The molecule has 0 radical (unpaired) electrons. The van der Waals surface area contributed by atoms with E-state index in [-0.39, 0.29) is 23.8 Å². The Hall–Kier alpha value is -2.12. The predicted octanol–water partition coefficient (Wildman–Crippen LogP) is 3.50. The number of thioether (sulfide) groups is 1. The minimum Gasteiger partial charge on any atom is -0.341 e. The van der Waals surface area contributed by atoms with Crippen molar-refractivity contribution in [1.82, 2.24) is 9.47 Å². The van der Waals surface area contributed by atoms with Gasteiger partial charge in [-0.05, 0) is 55.2 Å². The van der Waals surface area contributed by atoms with Crippen LogP contribution in [-0.4, -0.2) is 40.5 Å². The van der Waals surface area contributed by atoms with E-state index in [0.29, 0.717) is 21.7 Å². The van der Waals surface area contributed by atoms with Gasteiger partial charge in [0.25, 0.3) is 5.56 Å². The molecule has 0 atom stereocenters. The summed E-state index contributed by atoms with van der Waals surface area (Å²) in [5, 5.41) is 0. The number of aromatic nitrogens is 1. The van der Waals surface area contributed by atoms with E-state index in [1.807, 2.05) is 62.3 Å². The number of benzene rings is 1. The van der Waals surface area contributed by atoms with Crippen molar-refractivity contribution in [3.63, 3.8) is 0 Å². The average molecular weight is 487 g/mol. The van der Waals surface area contributed by atoms with Gasteiger partial charge in [0.15, 0.2) is 5.78 Å². The van der Waals surface area contributed by atoms with E-state index >= 15 is 0 Å². The second kappa shape index (κ2) is 10.9. The average Bonchev–Trinajstić information content (AvgIpc) is 3.54. The molecule has 2 aromatic rings. The van der Waals surface area contributed by atoms with Crippen molar-refractivity contribution in [1.29, 1.82) is 0 Å². The number of hydrogen-bond donors (Lipinski definition) is 0. The second-order valence-electron chi connectivity index (χ2n) is 9.66. The molecule has 0 unspecified atom stereocenters. The number of nitrogens with zero attached hydrogens (tertiary/aromatic N) is 2. The van der Waals surface area contributed by atoms with Gasteiger partial charge in [-0.25, -0.2) is 0 Å². The molecular formula is C26H34N2O3S2. The normalized spacial score (nSPS) is 15.2. The molecule has 3 rings (SSSR count). The minimum absolute atomic E-state index is 0.0371. The summed E-state index contributed by atoms with van der Waals surface area (Å²) in [5.74, 6) is 0.461. The summed E-state index contributed by atoms with van der Waals surface area (Å²) in [6, 6.07) is 7.98. The molecule has 7 heteroatoms. The maximum absolute atomic E-state index is 13.3. The topological polar surface area (TPSA) is 59.4 Å². The molecule has 1 aliphatic rings. The zero-order chi connectivity index (χ0) is 24.2. The van der Waals surface area contributed by atoms with Crippen LogP contribution in [0.15, 0.2) is 34.0 Å². The molecule has 0 bridgehead atoms. The first-order valence-corrected chi connectivity index (χ1v) is 13.6. The van der Waals surface area contributed by atoms with Gasteiger partial charge in [0.05, 0.1) is 4.53 Å². The Morgan fingerprint density at radius 1 is 1.21 bits per heavy atom. The first kappa shape index (κ1) is 25.5. The Labute approximate surface area is 204 Å². The summed E-state index contributed by atoms with van der Waals surface area (Å²) in [6.45, 7) is 9.02. The minimum atomic E-state index is -0.563. The molecule has 0 aliphatic heterocycles. The monoisotopic (exact) mass is 486 g/mol. The molecule has 1 saturated carbocycles. The molecule has 33 heavy (non-hydrogen) atoms. The van der Waals surface area contributed by atoms with Gasteiger partial charge in [-0.15, -0.1) is 23.1 Å². The lowest BCUT2D eigenvalue weighted by atomic mass is 9.91. The van der Waals surface area contributed by atoms with Gasteiger partial charge in [0.1, 0.15) is 11.2 Å². The van der Waals surface area contributed by atoms with Crippen molar-refractivity contribution >= 4 is 46.9 Å². The maximum atomic E-state index is 13.3. The highest BCUT2D eigenvalue weighted by molar-refractivity contribution is 7.98. The molecule has 1 aliphatic carbocycles. The summed E-state index contributed by atoms with van der Waals surface area (Å²) < 4.78 is 2.54. The third-order valence-electron chi connectivity index (χ3n) is 5.66. The Kier molecular flexibility index (Phi) is 8.40. The first-order chi connectivity index (χ1) is 15.6. The van der Waals surface area contributed by atoms with Crippen LogP contribution in [0.1, 0.15) is 52.5 Å². The van der Waals surface area contributed by atoms with E-state index in [0.717, 1.165) is 23.4 Å². The number of thiazole rings is 1. The summed E-state index contributed by atoms with van der Waals surface area (Å²) >= 11 is 2.93. The van der Waals surface area contributed by atoms with Gasteiger partial charge >= 0.3 is 0 Å². The van der Waals surface area contributed by atoms with Crippen molar-refractivity contribution in [3.05, 3.63) is 49.4 Å². The van der Waals surface area contributed by atoms with E-state index in [1.165, 1.54) is 34.8 Å². The molecule has 0 saturated heterocycles. The second-order valence-corrected chi connectivity index (χ2v) is 11.6. The van der Waals surface area contributed by atoms with Crippen LogP contribution in [0.2, 0.25) is 0 Å². The van der Waals surface area contributed by atoms with Crippen molar-refractivity contribution < 1.29 is 9.59 Å². The Bertz CT molecular complexity index is 1170. The molecule has 0 N–H and O–H groups in total. The van der Waals surface area contributed by atoms with Crippen LogP contribution in [0.3, 0.4) is 0 Å². The van der Waals surface area contributed by atoms with Crippen LogP contribution in [0.25, 0.3) is 12.2 Å². The van der Waals surface area contributed by atoms with E-state index in [4.69, 9.17) is 0 Å². The lowest BCUT2D eigenvalue weighted by Crippen LogP contribution is -2.41. The number of carbonyl (C=O) groups is 2. The highest BCUT2D eigenvalue weighted by Crippen LogP contribution is 2.29. The van der Waals surface area contributed by atoms with E-state index < -0.39 is 5.41 Å². The van der Waals surface area contributed by atoms with Crippen LogP contribution in [-0.2, 0) is 16.1 Å². The third-order valence-corrected chi connectivity index (χ3v) is 7.46. The SMILES string of the molecule is CCCN(CC1CC1)C(=O)Cn1c(=O)/c(=C/c2ccc(SC)cc2)s/c1=C\C(=O)C(C)(C)C. The lowest BCUT2D eigenvalue weighted by Gasteiger charge is -2.22. The van der Waals surface area contributed by atoms with E-state index in [1.54, 1.807) is 11.8 Å². The fourth-order valence-electron chi connectivity index (χ4n) is 3.41. The van der Waals surface area contributed by atoms with Gasteiger partial charge < -0.3 is 4.90 Å². The predicted molar refractivity (Wildman–Crippen MR) is 138 cm³/mol. The summed E-state index contributed by atoms with van der Waals surface area (Å²) in [7, 11) is 0. The van der Waals surface area contributed by atoms with Crippen molar-refractivity contribution in [2.24, 2.45) is 11.3 Å². The van der Waals surface area contributed by atoms with Crippen LogP contribution < -0.4 is 14.8 Å². The molecule has 1 amide bonds. The van der Waals surface area contributed by atoms with E-state index in [9.17, 15) is 14.4 Å². The van der Waals surface area contributed by atoms with Crippen LogP contribution in [0, 0.1) is 11.3 Å². The van der Waals surface area contributed by atoms with Gasteiger partial charge in [0.2, 0.25) is 5.91 Å². The van der Waals surface area contributed by atoms with Crippen LogP contribution in [0.5, 0.6) is 0 Å². The highest BCUT2D eigenvalue weighted by Gasteiger charge is 2.27. The summed E-state index contributed by atoms with van der Waals surface area (Å²) in [4.78, 5) is 42.3. The number of amides is 1. The Balaban J connectivity index is 2.03. The van der Waals surface area contributed by atoms with Gasteiger partial charge in [-0.1, -0.05) is 39.8 Å². The van der Waals surface area contributed by atoms with E-state index in [2.05, 4.69) is 6.92 Å². The van der Waals surface area contributed by atoms with Crippen molar-refractivity contribution in [2.45, 2.75) is 58.4 Å². The molecule has 1 aromatic heterocycles. The van der Waals surface area contributed by atoms with Gasteiger partial charge in [0, 0.05) is 29.5 Å². The quantitative estimate of drug-likeness (QED) is 0.509. The first-order valence-electron chi connectivity index (χ1n) is 11.5. The molecule has 178 valence electrons. The molecule has 1 heterocycles. The van der Waals surface area contributed by atoms with Crippen molar-refractivity contribution in [2.75, 3.05) is 19.3 Å². The molecule has 1 fully saturated rings. The number of ketones is 1. The lowest BCUT2D eigenvalue weighted by molar-refractivity contribution is -0.132. The summed E-state index contributed by atoms with van der Waals surface area (Å²) in [5.41, 5.74) is 0.130. The number of carbonyl (C=O) groups excluding carboxylic acids is 2. The zero-order valence-corrected chi connectivity index (χ0v) is 21.9. The Morgan fingerprint density at radius 3 is 2.42 bits per heavy atom. The fraction of sp³-hybridized carbons (Fsp3) is 0.500. The molecule has 1 aromatic carbocycles. The number of hydrogen-bond acceptors (Lipinski definition) is 5. The van der Waals surface area contributed by atoms with Gasteiger partial charge in [-0.3, -0.25) is 19.0 Å². The zero-order valence-electron chi connectivity index (χ0n) is 20.2. The van der Waals surface area contributed by atoms with Crippen molar-refractivity contribution in [3.8, 4) is 0 Å². The number of rotatable bonds is 9. The molecule has 5 nitrogen and oxygen atoms in total.